The summed E-state index contributed by atoms with van der Waals surface area (Å²) in [6.45, 7) is 2.62. The van der Waals surface area contributed by atoms with Gasteiger partial charge in [0.2, 0.25) is 11.8 Å². The van der Waals surface area contributed by atoms with Crippen molar-refractivity contribution in [3.8, 4) is 0 Å². The van der Waals surface area contributed by atoms with Gasteiger partial charge in [-0.15, -0.1) is 0 Å². The van der Waals surface area contributed by atoms with Crippen molar-refractivity contribution in [3.05, 3.63) is 29.8 Å². The molecule has 23 heavy (non-hydrogen) atoms. The number of amides is 2. The van der Waals surface area contributed by atoms with Crippen LogP contribution in [0.5, 0.6) is 0 Å². The highest BCUT2D eigenvalue weighted by Gasteiger charge is 2.47. The van der Waals surface area contributed by atoms with Crippen molar-refractivity contribution in [2.24, 2.45) is 17.8 Å². The van der Waals surface area contributed by atoms with Crippen LogP contribution in [0.1, 0.15) is 37.7 Å². The summed E-state index contributed by atoms with van der Waals surface area (Å²) in [5.74, 6) is 1.45. The van der Waals surface area contributed by atoms with E-state index in [2.05, 4.69) is 5.32 Å². The van der Waals surface area contributed by atoms with Crippen LogP contribution in [0.15, 0.2) is 24.3 Å². The van der Waals surface area contributed by atoms with Crippen LogP contribution in [0.4, 0.5) is 5.69 Å². The number of aryl methyl sites for hydroxylation is 1. The summed E-state index contributed by atoms with van der Waals surface area (Å²) in [6, 6.07) is 8.20. The van der Waals surface area contributed by atoms with E-state index in [1.54, 1.807) is 0 Å². The number of carbonyl (C=O) groups excluding carboxylic acids is 2. The lowest BCUT2D eigenvalue weighted by atomic mass is 9.94. The van der Waals surface area contributed by atoms with Crippen molar-refractivity contribution in [2.75, 3.05) is 11.9 Å². The highest BCUT2D eigenvalue weighted by atomic mass is 16.2. The first kappa shape index (κ1) is 14.7. The maximum atomic E-state index is 12.5. The molecule has 0 aromatic heterocycles. The number of nitrogens with zero attached hydrogens (tertiary/aromatic N) is 1. The van der Waals surface area contributed by atoms with Gasteiger partial charge in [-0.2, -0.15) is 0 Å². The third-order valence-corrected chi connectivity index (χ3v) is 5.95. The van der Waals surface area contributed by atoms with E-state index < -0.39 is 0 Å². The van der Waals surface area contributed by atoms with Crippen LogP contribution in [0.25, 0.3) is 0 Å². The van der Waals surface area contributed by atoms with E-state index in [0.29, 0.717) is 24.9 Å². The van der Waals surface area contributed by atoms with Crippen molar-refractivity contribution in [3.63, 3.8) is 0 Å². The summed E-state index contributed by atoms with van der Waals surface area (Å²) in [5.41, 5.74) is 1.98. The highest BCUT2D eigenvalue weighted by Crippen LogP contribution is 2.47. The zero-order chi connectivity index (χ0) is 16.0. The molecule has 1 aliphatic heterocycles. The van der Waals surface area contributed by atoms with Gasteiger partial charge >= 0.3 is 0 Å². The molecule has 0 spiro atoms. The molecule has 1 N–H and O–H groups in total. The molecule has 4 nitrogen and oxygen atoms in total. The van der Waals surface area contributed by atoms with Crippen LogP contribution in [0, 0.1) is 24.7 Å². The number of benzene rings is 1. The van der Waals surface area contributed by atoms with Gasteiger partial charge in [0.05, 0.1) is 5.92 Å². The molecule has 3 aliphatic rings. The summed E-state index contributed by atoms with van der Waals surface area (Å²) in [4.78, 5) is 26.9. The quantitative estimate of drug-likeness (QED) is 0.933. The molecule has 4 atom stereocenters. The van der Waals surface area contributed by atoms with Crippen LogP contribution in [0.3, 0.4) is 0 Å². The van der Waals surface area contributed by atoms with Crippen molar-refractivity contribution in [1.82, 2.24) is 4.90 Å². The molecule has 2 saturated carbocycles. The predicted molar refractivity (Wildman–Crippen MR) is 88.9 cm³/mol. The minimum atomic E-state index is -0.206. The Morgan fingerprint density at radius 1 is 1.17 bits per heavy atom. The largest absolute Gasteiger partial charge is 0.339 e. The number of likely N-dealkylation sites (tertiary alicyclic amines) is 1. The Morgan fingerprint density at radius 3 is 2.61 bits per heavy atom. The maximum Gasteiger partial charge on any atom is 0.229 e. The Kier molecular flexibility index (Phi) is 3.63. The number of nitrogens with one attached hydrogen (secondary N) is 1. The van der Waals surface area contributed by atoms with Crippen LogP contribution >= 0.6 is 0 Å². The molecule has 3 fully saturated rings. The lowest BCUT2D eigenvalue weighted by Gasteiger charge is -2.31. The first-order valence-corrected chi connectivity index (χ1v) is 8.77. The number of hydrogen-bond acceptors (Lipinski definition) is 2. The molecule has 1 aromatic rings. The van der Waals surface area contributed by atoms with E-state index in [1.165, 1.54) is 24.8 Å². The Balaban J connectivity index is 1.39. The van der Waals surface area contributed by atoms with Gasteiger partial charge in [0.15, 0.2) is 0 Å². The fourth-order valence-electron chi connectivity index (χ4n) is 4.70. The summed E-state index contributed by atoms with van der Waals surface area (Å²) in [7, 11) is 0. The smallest absolute Gasteiger partial charge is 0.229 e. The molecule has 0 unspecified atom stereocenters. The van der Waals surface area contributed by atoms with Crippen molar-refractivity contribution < 1.29 is 9.59 Å². The fraction of sp³-hybridized carbons (Fsp3) is 0.579. The third-order valence-electron chi connectivity index (χ3n) is 5.95. The molecule has 1 saturated heterocycles. The highest BCUT2D eigenvalue weighted by molar-refractivity contribution is 5.97. The molecule has 4 rings (SSSR count). The minimum absolute atomic E-state index is 0.0205. The summed E-state index contributed by atoms with van der Waals surface area (Å²) < 4.78 is 0. The lowest BCUT2D eigenvalue weighted by Crippen LogP contribution is -2.40. The van der Waals surface area contributed by atoms with Gasteiger partial charge in [0, 0.05) is 24.7 Å². The number of carbonyl (C=O) groups is 2. The van der Waals surface area contributed by atoms with Crippen LogP contribution in [-0.2, 0) is 9.59 Å². The molecule has 0 radical (unpaired) electrons. The van der Waals surface area contributed by atoms with E-state index >= 15 is 0 Å². The van der Waals surface area contributed by atoms with Crippen LogP contribution < -0.4 is 5.32 Å². The van der Waals surface area contributed by atoms with E-state index in [1.807, 2.05) is 36.1 Å². The third kappa shape index (κ3) is 2.75. The monoisotopic (exact) mass is 312 g/mol. The summed E-state index contributed by atoms with van der Waals surface area (Å²) in [5, 5.41) is 2.96. The van der Waals surface area contributed by atoms with E-state index in [-0.39, 0.29) is 17.7 Å². The SMILES string of the molecule is Cc1ccc(NC(=O)[C@@H]2CC(=O)N([C@@H]3C[C@H]4CC[C@H]3C4)C2)cc1. The lowest BCUT2D eigenvalue weighted by molar-refractivity contribution is -0.130. The topological polar surface area (TPSA) is 49.4 Å². The normalized spacial score (nSPS) is 32.6. The van der Waals surface area contributed by atoms with Crippen molar-refractivity contribution in [2.45, 2.75) is 45.1 Å². The van der Waals surface area contributed by atoms with Crippen LogP contribution in [-0.4, -0.2) is 29.3 Å². The Bertz CT molecular complexity index is 625. The minimum Gasteiger partial charge on any atom is -0.339 e. The predicted octanol–water partition coefficient (Wildman–Crippen LogP) is 2.97. The molecule has 2 aliphatic carbocycles. The first-order valence-electron chi connectivity index (χ1n) is 8.77. The standard InChI is InChI=1S/C19H24N2O2/c1-12-2-6-16(7-3-12)20-19(23)15-10-18(22)21(11-15)17-9-13-4-5-14(17)8-13/h2-3,6-7,13-15,17H,4-5,8-11H2,1H3,(H,20,23)/t13-,14-,15+,17+/m0/s1. The zero-order valence-corrected chi connectivity index (χ0v) is 13.6. The number of rotatable bonds is 3. The van der Waals surface area contributed by atoms with Gasteiger partial charge < -0.3 is 10.2 Å². The van der Waals surface area contributed by atoms with Gasteiger partial charge in [-0.25, -0.2) is 0 Å². The molecular weight excluding hydrogens is 288 g/mol. The molecule has 4 heteroatoms. The first-order chi connectivity index (χ1) is 11.1. The fourth-order valence-corrected chi connectivity index (χ4v) is 4.70. The van der Waals surface area contributed by atoms with Gasteiger partial charge in [-0.1, -0.05) is 24.1 Å². The molecular formula is C19H24N2O2. The van der Waals surface area contributed by atoms with Crippen molar-refractivity contribution >= 4 is 17.5 Å². The second kappa shape index (κ2) is 5.66. The molecule has 1 aromatic carbocycles. The van der Waals surface area contributed by atoms with Gasteiger partial charge in [-0.05, 0) is 50.2 Å². The van der Waals surface area contributed by atoms with Crippen LogP contribution in [0.2, 0.25) is 0 Å². The van der Waals surface area contributed by atoms with Gasteiger partial charge in [0.25, 0.3) is 0 Å². The number of anilines is 1. The number of hydrogen-bond donors (Lipinski definition) is 1. The summed E-state index contributed by atoms with van der Waals surface area (Å²) in [6.07, 6.45) is 5.41. The maximum absolute atomic E-state index is 12.5. The Hall–Kier alpha value is -1.84. The average molecular weight is 312 g/mol. The molecule has 122 valence electrons. The average Bonchev–Trinajstić information content (AvgIpc) is 3.24. The second-order valence-corrected chi connectivity index (χ2v) is 7.54. The Morgan fingerprint density at radius 2 is 1.96 bits per heavy atom. The van der Waals surface area contributed by atoms with E-state index in [4.69, 9.17) is 0 Å². The van der Waals surface area contributed by atoms with E-state index in [0.717, 1.165) is 18.0 Å². The molecule has 2 bridgehead atoms. The number of fused-ring (bicyclic) bond motifs is 2. The van der Waals surface area contributed by atoms with Crippen molar-refractivity contribution in [1.29, 1.82) is 0 Å². The molecule has 1 heterocycles. The van der Waals surface area contributed by atoms with Gasteiger partial charge in [0.1, 0.15) is 0 Å². The van der Waals surface area contributed by atoms with E-state index in [9.17, 15) is 9.59 Å². The summed E-state index contributed by atoms with van der Waals surface area (Å²) >= 11 is 0. The Labute approximate surface area is 137 Å². The van der Waals surface area contributed by atoms with Gasteiger partial charge in [-0.3, -0.25) is 9.59 Å². The second-order valence-electron chi connectivity index (χ2n) is 7.54. The molecule has 2 amide bonds. The zero-order valence-electron chi connectivity index (χ0n) is 13.6.